The van der Waals surface area contributed by atoms with Crippen molar-refractivity contribution in [1.29, 1.82) is 0 Å². The third kappa shape index (κ3) is 6.91. The van der Waals surface area contributed by atoms with Crippen molar-refractivity contribution in [2.24, 2.45) is 4.99 Å². The van der Waals surface area contributed by atoms with Gasteiger partial charge in [-0.15, -0.1) is 35.3 Å². The zero-order valence-corrected chi connectivity index (χ0v) is 20.5. The number of aryl methyl sites for hydroxylation is 1. The van der Waals surface area contributed by atoms with Crippen LogP contribution in [0.2, 0.25) is 0 Å². The van der Waals surface area contributed by atoms with Crippen LogP contribution in [-0.4, -0.2) is 75.7 Å². The molecule has 0 spiro atoms. The van der Waals surface area contributed by atoms with E-state index in [0.29, 0.717) is 17.3 Å². The molecule has 0 unspecified atom stereocenters. The molecular formula is C17H27IN6O3S2. The van der Waals surface area contributed by atoms with E-state index in [4.69, 9.17) is 4.52 Å². The molecule has 0 aromatic carbocycles. The van der Waals surface area contributed by atoms with Gasteiger partial charge >= 0.3 is 0 Å². The second kappa shape index (κ2) is 11.2. The minimum atomic E-state index is -3.43. The molecule has 29 heavy (non-hydrogen) atoms. The number of aliphatic imine (C=N–C) groups is 1. The molecule has 2 aromatic heterocycles. The fraction of sp³-hybridized carbons (Fsp3) is 0.529. The van der Waals surface area contributed by atoms with Crippen LogP contribution >= 0.6 is 35.3 Å². The highest BCUT2D eigenvalue weighted by molar-refractivity contribution is 14.0. The number of rotatable bonds is 7. The van der Waals surface area contributed by atoms with Crippen molar-refractivity contribution in [3.8, 4) is 0 Å². The average molecular weight is 554 g/mol. The van der Waals surface area contributed by atoms with Gasteiger partial charge in [0.15, 0.2) is 5.96 Å². The number of aromatic nitrogens is 1. The van der Waals surface area contributed by atoms with E-state index < -0.39 is 10.0 Å². The lowest BCUT2D eigenvalue weighted by Gasteiger charge is -2.36. The van der Waals surface area contributed by atoms with Crippen LogP contribution in [0.3, 0.4) is 0 Å². The van der Waals surface area contributed by atoms with Crippen molar-refractivity contribution in [3.63, 3.8) is 0 Å². The Morgan fingerprint density at radius 1 is 1.31 bits per heavy atom. The van der Waals surface area contributed by atoms with Crippen molar-refractivity contribution in [2.45, 2.75) is 17.7 Å². The summed E-state index contributed by atoms with van der Waals surface area (Å²) in [5.74, 6) is 1.61. The summed E-state index contributed by atoms with van der Waals surface area (Å²) in [5, 5.41) is 9.03. The highest BCUT2D eigenvalue weighted by Crippen LogP contribution is 2.14. The number of thiophene rings is 1. The molecule has 0 atom stereocenters. The number of nitrogens with one attached hydrogen (secondary N) is 2. The lowest BCUT2D eigenvalue weighted by Crippen LogP contribution is -2.53. The van der Waals surface area contributed by atoms with Gasteiger partial charge in [-0.1, -0.05) is 11.2 Å². The summed E-state index contributed by atoms with van der Waals surface area (Å²) < 4.78 is 32.3. The molecule has 2 aromatic rings. The number of halogens is 1. The first kappa shape index (κ1) is 24.1. The molecule has 1 aliphatic heterocycles. The highest BCUT2D eigenvalue weighted by atomic mass is 127. The van der Waals surface area contributed by atoms with Crippen LogP contribution in [0.1, 0.15) is 11.5 Å². The maximum Gasteiger partial charge on any atom is 0.250 e. The van der Waals surface area contributed by atoms with Gasteiger partial charge in [-0.25, -0.2) is 13.1 Å². The Labute approximate surface area is 192 Å². The molecule has 0 bridgehead atoms. The number of sulfonamides is 1. The molecule has 12 heteroatoms. The van der Waals surface area contributed by atoms with Crippen LogP contribution < -0.4 is 10.0 Å². The van der Waals surface area contributed by atoms with E-state index in [1.165, 1.54) is 11.3 Å². The van der Waals surface area contributed by atoms with Gasteiger partial charge in [-0.2, -0.15) is 0 Å². The summed E-state index contributed by atoms with van der Waals surface area (Å²) in [6.45, 7) is 6.93. The standard InChI is InChI=1S/C17H26N6O3S2.HI/c1-14-12-15(21-26-14)13-22-7-9-23(10-8-22)17(18-2)19-5-6-20-28(24,25)16-4-3-11-27-16;/h3-4,11-12,20H,5-10,13H2,1-2H3,(H,18,19);1H. The summed E-state index contributed by atoms with van der Waals surface area (Å²) in [6.07, 6.45) is 0. The molecule has 0 aliphatic carbocycles. The van der Waals surface area contributed by atoms with Gasteiger partial charge in [0.25, 0.3) is 0 Å². The zero-order valence-electron chi connectivity index (χ0n) is 16.5. The molecule has 3 rings (SSSR count). The largest absolute Gasteiger partial charge is 0.361 e. The van der Waals surface area contributed by atoms with Crippen LogP contribution in [0.15, 0.2) is 37.3 Å². The van der Waals surface area contributed by atoms with Crippen molar-refractivity contribution < 1.29 is 12.9 Å². The molecule has 2 N–H and O–H groups in total. The lowest BCUT2D eigenvalue weighted by molar-refractivity contribution is 0.169. The van der Waals surface area contributed by atoms with Crippen molar-refractivity contribution >= 4 is 51.3 Å². The van der Waals surface area contributed by atoms with Gasteiger partial charge in [-0.3, -0.25) is 9.89 Å². The number of hydrogen-bond acceptors (Lipinski definition) is 7. The van der Waals surface area contributed by atoms with E-state index in [1.807, 2.05) is 13.0 Å². The van der Waals surface area contributed by atoms with Gasteiger partial charge < -0.3 is 14.7 Å². The zero-order chi connectivity index (χ0) is 20.0. The molecule has 3 heterocycles. The fourth-order valence-corrected chi connectivity index (χ4v) is 5.09. The molecule has 1 saturated heterocycles. The molecule has 9 nitrogen and oxygen atoms in total. The Morgan fingerprint density at radius 2 is 2.07 bits per heavy atom. The fourth-order valence-electron chi connectivity index (χ4n) is 3.02. The maximum atomic E-state index is 12.1. The Balaban J connectivity index is 0.00000300. The topological polar surface area (TPSA) is 103 Å². The lowest BCUT2D eigenvalue weighted by atomic mass is 10.3. The monoisotopic (exact) mass is 554 g/mol. The van der Waals surface area contributed by atoms with Crippen LogP contribution in [0, 0.1) is 6.92 Å². The van der Waals surface area contributed by atoms with E-state index in [1.54, 1.807) is 24.6 Å². The quantitative estimate of drug-likeness (QED) is 0.231. The Hall–Kier alpha value is -1.22. The van der Waals surface area contributed by atoms with Gasteiger partial charge in [-0.05, 0) is 18.4 Å². The van der Waals surface area contributed by atoms with E-state index in [0.717, 1.165) is 50.1 Å². The van der Waals surface area contributed by atoms with Crippen LogP contribution in [0.25, 0.3) is 0 Å². The Morgan fingerprint density at radius 3 is 2.66 bits per heavy atom. The van der Waals surface area contributed by atoms with Crippen LogP contribution in [0.5, 0.6) is 0 Å². The van der Waals surface area contributed by atoms with E-state index in [-0.39, 0.29) is 24.0 Å². The van der Waals surface area contributed by atoms with E-state index in [2.05, 4.69) is 30.0 Å². The average Bonchev–Trinajstić information content (AvgIpc) is 3.35. The molecule has 1 aliphatic rings. The van der Waals surface area contributed by atoms with E-state index in [9.17, 15) is 8.42 Å². The molecule has 1 fully saturated rings. The number of piperazine rings is 1. The van der Waals surface area contributed by atoms with Crippen LogP contribution in [-0.2, 0) is 16.6 Å². The molecule has 162 valence electrons. The third-order valence-corrected chi connectivity index (χ3v) is 7.26. The Kier molecular flexibility index (Phi) is 9.33. The third-order valence-electron chi connectivity index (χ3n) is 4.41. The van der Waals surface area contributed by atoms with Crippen molar-refractivity contribution in [2.75, 3.05) is 46.3 Å². The molecule has 0 radical (unpaired) electrons. The Bertz CT molecular complexity index is 877. The predicted molar refractivity (Wildman–Crippen MR) is 124 cm³/mol. The summed E-state index contributed by atoms with van der Waals surface area (Å²) in [5.41, 5.74) is 0.950. The second-order valence-corrected chi connectivity index (χ2v) is 9.44. The predicted octanol–water partition coefficient (Wildman–Crippen LogP) is 1.33. The first-order valence-electron chi connectivity index (χ1n) is 9.11. The van der Waals surface area contributed by atoms with Gasteiger partial charge in [0.05, 0.1) is 5.69 Å². The SMILES string of the molecule is CN=C(NCCNS(=O)(=O)c1cccs1)N1CCN(Cc2cc(C)on2)CC1.I. The minimum absolute atomic E-state index is 0. The smallest absolute Gasteiger partial charge is 0.250 e. The van der Waals surface area contributed by atoms with Gasteiger partial charge in [0, 0.05) is 58.9 Å². The minimum Gasteiger partial charge on any atom is -0.361 e. The van der Waals surface area contributed by atoms with Gasteiger partial charge in [0.2, 0.25) is 10.0 Å². The second-order valence-electron chi connectivity index (χ2n) is 6.50. The molecule has 0 amide bonds. The number of hydrogen-bond donors (Lipinski definition) is 2. The highest BCUT2D eigenvalue weighted by Gasteiger charge is 2.20. The van der Waals surface area contributed by atoms with Crippen molar-refractivity contribution in [1.82, 2.24) is 25.0 Å². The van der Waals surface area contributed by atoms with Crippen LogP contribution in [0.4, 0.5) is 0 Å². The van der Waals surface area contributed by atoms with Crippen molar-refractivity contribution in [3.05, 3.63) is 35.0 Å². The number of guanidine groups is 1. The first-order valence-corrected chi connectivity index (χ1v) is 11.5. The van der Waals surface area contributed by atoms with Gasteiger partial charge in [0.1, 0.15) is 9.97 Å². The summed E-state index contributed by atoms with van der Waals surface area (Å²) >= 11 is 1.21. The molecule has 0 saturated carbocycles. The molecular weight excluding hydrogens is 527 g/mol. The maximum absolute atomic E-state index is 12.1. The summed E-state index contributed by atoms with van der Waals surface area (Å²) in [6, 6.07) is 5.28. The normalized spacial score (nSPS) is 15.9. The van der Waals surface area contributed by atoms with E-state index >= 15 is 0 Å². The first-order chi connectivity index (χ1) is 13.5. The summed E-state index contributed by atoms with van der Waals surface area (Å²) in [7, 11) is -1.69. The number of nitrogens with zero attached hydrogens (tertiary/aromatic N) is 4. The summed E-state index contributed by atoms with van der Waals surface area (Å²) in [4.78, 5) is 8.83.